The highest BCUT2D eigenvalue weighted by atomic mass is 32.2. The van der Waals surface area contributed by atoms with E-state index in [4.69, 9.17) is 5.73 Å². The summed E-state index contributed by atoms with van der Waals surface area (Å²) < 4.78 is 24.7. The standard InChI is InChI=1S/C14H17N3O3S/c1-21(19,20)13(14(15)18)7-8-17-9-12(16-10-17)11-5-3-2-4-6-11/h2-6,9-10,13H,7-8H2,1H3,(H2,15,18). The molecule has 0 saturated carbocycles. The molecule has 21 heavy (non-hydrogen) atoms. The van der Waals surface area contributed by atoms with Crippen molar-refractivity contribution in [2.45, 2.75) is 18.2 Å². The molecule has 0 aliphatic heterocycles. The van der Waals surface area contributed by atoms with Crippen LogP contribution < -0.4 is 5.73 Å². The van der Waals surface area contributed by atoms with Crippen LogP contribution in [0.1, 0.15) is 6.42 Å². The maximum atomic E-state index is 11.5. The van der Waals surface area contributed by atoms with Crippen LogP contribution in [0.4, 0.5) is 0 Å². The highest BCUT2D eigenvalue weighted by Gasteiger charge is 2.26. The second kappa shape index (κ2) is 6.09. The van der Waals surface area contributed by atoms with Gasteiger partial charge in [0, 0.05) is 24.6 Å². The van der Waals surface area contributed by atoms with Gasteiger partial charge in [-0.3, -0.25) is 4.79 Å². The molecule has 0 aliphatic carbocycles. The van der Waals surface area contributed by atoms with Crippen molar-refractivity contribution in [3.63, 3.8) is 0 Å². The second-order valence-corrected chi connectivity index (χ2v) is 7.10. The SMILES string of the molecule is CS(=O)(=O)C(CCn1cnc(-c2ccccc2)c1)C(N)=O. The third-order valence-electron chi connectivity index (χ3n) is 3.19. The number of carbonyl (C=O) groups excluding carboxylic acids is 1. The third kappa shape index (κ3) is 3.91. The first-order valence-electron chi connectivity index (χ1n) is 6.43. The summed E-state index contributed by atoms with van der Waals surface area (Å²) in [6.45, 7) is 0.362. The molecule has 1 atom stereocenters. The number of nitrogens with zero attached hydrogens (tertiary/aromatic N) is 2. The molecule has 0 radical (unpaired) electrons. The van der Waals surface area contributed by atoms with Gasteiger partial charge >= 0.3 is 0 Å². The molecule has 1 unspecified atom stereocenters. The number of aromatic nitrogens is 2. The first-order valence-corrected chi connectivity index (χ1v) is 8.39. The number of benzene rings is 1. The molecular weight excluding hydrogens is 290 g/mol. The Balaban J connectivity index is 2.08. The van der Waals surface area contributed by atoms with Crippen molar-refractivity contribution >= 4 is 15.7 Å². The topological polar surface area (TPSA) is 95.1 Å². The van der Waals surface area contributed by atoms with E-state index < -0.39 is 21.0 Å². The first-order chi connectivity index (χ1) is 9.88. The number of rotatable bonds is 6. The molecular formula is C14H17N3O3S. The quantitative estimate of drug-likeness (QED) is 0.855. The van der Waals surface area contributed by atoms with E-state index in [1.54, 1.807) is 10.9 Å². The molecule has 0 spiro atoms. The van der Waals surface area contributed by atoms with Gasteiger partial charge in [-0.05, 0) is 6.42 Å². The van der Waals surface area contributed by atoms with Crippen LogP contribution >= 0.6 is 0 Å². The summed E-state index contributed by atoms with van der Waals surface area (Å²) in [5.74, 6) is -0.819. The number of hydrogen-bond acceptors (Lipinski definition) is 4. The number of aryl methyl sites for hydroxylation is 1. The highest BCUT2D eigenvalue weighted by molar-refractivity contribution is 7.92. The minimum Gasteiger partial charge on any atom is -0.369 e. The lowest BCUT2D eigenvalue weighted by atomic mass is 10.2. The molecule has 0 aliphatic rings. The fraction of sp³-hybridized carbons (Fsp3) is 0.286. The van der Waals surface area contributed by atoms with Crippen molar-refractivity contribution in [1.29, 1.82) is 0 Å². The molecule has 1 amide bonds. The van der Waals surface area contributed by atoms with Gasteiger partial charge in [0.1, 0.15) is 5.25 Å². The monoisotopic (exact) mass is 307 g/mol. The Morgan fingerprint density at radius 1 is 1.33 bits per heavy atom. The van der Waals surface area contributed by atoms with Gasteiger partial charge in [0.05, 0.1) is 12.0 Å². The summed E-state index contributed by atoms with van der Waals surface area (Å²) in [5.41, 5.74) is 6.91. The van der Waals surface area contributed by atoms with E-state index in [0.29, 0.717) is 6.54 Å². The van der Waals surface area contributed by atoms with Gasteiger partial charge in [-0.1, -0.05) is 30.3 Å². The maximum absolute atomic E-state index is 11.5. The average Bonchev–Trinajstić information content (AvgIpc) is 2.87. The molecule has 0 saturated heterocycles. The lowest BCUT2D eigenvalue weighted by Gasteiger charge is -2.11. The van der Waals surface area contributed by atoms with Crippen LogP contribution in [0.25, 0.3) is 11.3 Å². The van der Waals surface area contributed by atoms with Crippen molar-refractivity contribution in [2.75, 3.05) is 6.26 Å². The summed E-state index contributed by atoms with van der Waals surface area (Å²) in [6, 6.07) is 9.64. The van der Waals surface area contributed by atoms with Gasteiger partial charge in [0.2, 0.25) is 5.91 Å². The van der Waals surface area contributed by atoms with E-state index in [0.717, 1.165) is 17.5 Å². The van der Waals surface area contributed by atoms with Gasteiger partial charge in [0.25, 0.3) is 0 Å². The molecule has 2 N–H and O–H groups in total. The number of hydrogen-bond donors (Lipinski definition) is 1. The molecule has 2 rings (SSSR count). The van der Waals surface area contributed by atoms with E-state index in [-0.39, 0.29) is 6.42 Å². The van der Waals surface area contributed by atoms with Crippen LogP contribution in [0.5, 0.6) is 0 Å². The number of imidazole rings is 1. The van der Waals surface area contributed by atoms with Crippen molar-refractivity contribution in [3.8, 4) is 11.3 Å². The Kier molecular flexibility index (Phi) is 4.42. The minimum atomic E-state index is -3.49. The van der Waals surface area contributed by atoms with E-state index in [1.807, 2.05) is 36.5 Å². The second-order valence-electron chi connectivity index (χ2n) is 4.87. The van der Waals surface area contributed by atoms with Crippen LogP contribution in [0, 0.1) is 0 Å². The summed E-state index contributed by atoms with van der Waals surface area (Å²) >= 11 is 0. The zero-order valence-corrected chi connectivity index (χ0v) is 12.5. The predicted molar refractivity (Wildman–Crippen MR) is 80.1 cm³/mol. The Bertz CT molecular complexity index is 723. The lowest BCUT2D eigenvalue weighted by Crippen LogP contribution is -2.36. The van der Waals surface area contributed by atoms with E-state index in [2.05, 4.69) is 4.98 Å². The van der Waals surface area contributed by atoms with E-state index >= 15 is 0 Å². The summed E-state index contributed by atoms with van der Waals surface area (Å²) in [7, 11) is -3.49. The fourth-order valence-electron chi connectivity index (χ4n) is 2.07. The number of amides is 1. The summed E-state index contributed by atoms with van der Waals surface area (Å²) in [4.78, 5) is 15.5. The van der Waals surface area contributed by atoms with Gasteiger partial charge < -0.3 is 10.3 Å². The fourth-order valence-corrected chi connectivity index (χ4v) is 3.03. The molecule has 1 aromatic carbocycles. The number of sulfone groups is 1. The largest absolute Gasteiger partial charge is 0.369 e. The van der Waals surface area contributed by atoms with Gasteiger partial charge in [-0.15, -0.1) is 0 Å². The minimum absolute atomic E-state index is 0.138. The molecule has 112 valence electrons. The van der Waals surface area contributed by atoms with Crippen LogP contribution in [0.2, 0.25) is 0 Å². The number of primary amides is 1. The van der Waals surface area contributed by atoms with Gasteiger partial charge in [-0.2, -0.15) is 0 Å². The average molecular weight is 307 g/mol. The Hall–Kier alpha value is -2.15. The molecule has 2 aromatic rings. The van der Waals surface area contributed by atoms with Gasteiger partial charge in [-0.25, -0.2) is 13.4 Å². The van der Waals surface area contributed by atoms with Crippen molar-refractivity contribution in [2.24, 2.45) is 5.73 Å². The third-order valence-corrected chi connectivity index (χ3v) is 4.69. The summed E-state index contributed by atoms with van der Waals surface area (Å²) in [5, 5.41) is -1.17. The lowest BCUT2D eigenvalue weighted by molar-refractivity contribution is -0.117. The van der Waals surface area contributed by atoms with Crippen molar-refractivity contribution in [3.05, 3.63) is 42.9 Å². The number of nitrogens with two attached hydrogens (primary N) is 1. The van der Waals surface area contributed by atoms with Crippen LogP contribution in [0.3, 0.4) is 0 Å². The Morgan fingerprint density at radius 2 is 2.00 bits per heavy atom. The van der Waals surface area contributed by atoms with Crippen LogP contribution in [0.15, 0.2) is 42.9 Å². The van der Waals surface area contributed by atoms with Gasteiger partial charge in [0.15, 0.2) is 9.84 Å². The number of carbonyl (C=O) groups is 1. The molecule has 0 bridgehead atoms. The van der Waals surface area contributed by atoms with Crippen molar-refractivity contribution < 1.29 is 13.2 Å². The smallest absolute Gasteiger partial charge is 0.235 e. The molecule has 1 heterocycles. The van der Waals surface area contributed by atoms with E-state index in [9.17, 15) is 13.2 Å². The molecule has 6 nitrogen and oxygen atoms in total. The van der Waals surface area contributed by atoms with Crippen LogP contribution in [-0.2, 0) is 21.2 Å². The van der Waals surface area contributed by atoms with E-state index in [1.165, 1.54) is 0 Å². The zero-order valence-electron chi connectivity index (χ0n) is 11.6. The normalized spacial score (nSPS) is 13.0. The zero-order chi connectivity index (χ0) is 15.5. The maximum Gasteiger partial charge on any atom is 0.235 e. The Labute approximate surface area is 123 Å². The molecule has 0 fully saturated rings. The summed E-state index contributed by atoms with van der Waals surface area (Å²) in [6.07, 6.45) is 4.59. The van der Waals surface area contributed by atoms with Crippen molar-refractivity contribution in [1.82, 2.24) is 9.55 Å². The molecule has 7 heteroatoms. The highest BCUT2D eigenvalue weighted by Crippen LogP contribution is 2.16. The first kappa shape index (κ1) is 15.2. The molecule has 1 aromatic heterocycles. The van der Waals surface area contributed by atoms with Crippen LogP contribution in [-0.4, -0.2) is 35.4 Å². The Morgan fingerprint density at radius 3 is 2.57 bits per heavy atom. The predicted octanol–water partition coefficient (Wildman–Crippen LogP) is 0.839.